The molecule has 0 unspecified atom stereocenters. The number of aromatic nitrogens is 2. The Balaban J connectivity index is 2.04. The van der Waals surface area contributed by atoms with Crippen molar-refractivity contribution in [2.24, 2.45) is 0 Å². The van der Waals surface area contributed by atoms with Gasteiger partial charge in [-0.15, -0.1) is 0 Å². The van der Waals surface area contributed by atoms with Gasteiger partial charge in [-0.1, -0.05) is 0 Å². The SMILES string of the molecule is OCCn1cc(CNc2ccc(F)c(F)c2F)cn1. The second-order valence-corrected chi connectivity index (χ2v) is 3.91. The molecule has 2 rings (SSSR count). The Bertz CT molecular complexity index is 571. The number of nitrogens with zero attached hydrogens (tertiary/aromatic N) is 2. The first-order valence-corrected chi connectivity index (χ1v) is 5.61. The third-order valence-electron chi connectivity index (χ3n) is 2.53. The average molecular weight is 271 g/mol. The van der Waals surface area contributed by atoms with Gasteiger partial charge >= 0.3 is 0 Å². The zero-order valence-electron chi connectivity index (χ0n) is 9.91. The normalized spacial score (nSPS) is 10.7. The van der Waals surface area contributed by atoms with E-state index in [0.717, 1.165) is 17.7 Å². The standard InChI is InChI=1S/C12H12F3N3O/c13-9-1-2-10(12(15)11(9)14)16-5-8-6-17-18(7-8)3-4-19/h1-2,6-7,16,19H,3-5H2. The Morgan fingerprint density at radius 3 is 2.74 bits per heavy atom. The zero-order valence-corrected chi connectivity index (χ0v) is 9.91. The number of rotatable bonds is 5. The summed E-state index contributed by atoms with van der Waals surface area (Å²) in [4.78, 5) is 0. The molecule has 0 bridgehead atoms. The molecule has 2 aromatic rings. The summed E-state index contributed by atoms with van der Waals surface area (Å²) < 4.78 is 40.6. The molecule has 102 valence electrons. The minimum atomic E-state index is -1.50. The van der Waals surface area contributed by atoms with E-state index in [-0.39, 0.29) is 18.8 Å². The topological polar surface area (TPSA) is 50.1 Å². The average Bonchev–Trinajstić information content (AvgIpc) is 2.83. The van der Waals surface area contributed by atoms with Gasteiger partial charge in [0.1, 0.15) is 0 Å². The lowest BCUT2D eigenvalue weighted by Crippen LogP contribution is -2.04. The van der Waals surface area contributed by atoms with Crippen LogP contribution < -0.4 is 5.32 Å². The predicted octanol–water partition coefficient (Wildman–Crippen LogP) is 1.90. The van der Waals surface area contributed by atoms with Crippen LogP contribution in [0.3, 0.4) is 0 Å². The molecule has 0 radical (unpaired) electrons. The summed E-state index contributed by atoms with van der Waals surface area (Å²) >= 11 is 0. The van der Waals surface area contributed by atoms with Gasteiger partial charge in [0.15, 0.2) is 17.5 Å². The van der Waals surface area contributed by atoms with Gasteiger partial charge < -0.3 is 10.4 Å². The Morgan fingerprint density at radius 1 is 1.21 bits per heavy atom. The number of halogens is 3. The maximum absolute atomic E-state index is 13.4. The number of anilines is 1. The summed E-state index contributed by atoms with van der Waals surface area (Å²) in [5.41, 5.74) is 0.617. The number of hydrogen-bond donors (Lipinski definition) is 2. The molecule has 0 fully saturated rings. The fourth-order valence-corrected chi connectivity index (χ4v) is 1.58. The van der Waals surface area contributed by atoms with Crippen molar-refractivity contribution < 1.29 is 18.3 Å². The van der Waals surface area contributed by atoms with Crippen LogP contribution in [0, 0.1) is 17.5 Å². The molecule has 1 heterocycles. The van der Waals surface area contributed by atoms with Gasteiger partial charge in [-0.3, -0.25) is 4.68 Å². The van der Waals surface area contributed by atoms with E-state index in [4.69, 9.17) is 5.11 Å². The molecule has 1 aromatic carbocycles. The Hall–Kier alpha value is -2.02. The second-order valence-electron chi connectivity index (χ2n) is 3.91. The van der Waals surface area contributed by atoms with Gasteiger partial charge in [0, 0.05) is 18.3 Å². The van der Waals surface area contributed by atoms with Crippen molar-refractivity contribution in [1.29, 1.82) is 0 Å². The Kier molecular flexibility index (Phi) is 4.06. The van der Waals surface area contributed by atoms with E-state index in [2.05, 4.69) is 10.4 Å². The molecule has 0 atom stereocenters. The molecule has 0 saturated carbocycles. The highest BCUT2D eigenvalue weighted by Crippen LogP contribution is 2.20. The van der Waals surface area contributed by atoms with Gasteiger partial charge in [-0.05, 0) is 12.1 Å². The van der Waals surface area contributed by atoms with Crippen LogP contribution in [0.4, 0.5) is 18.9 Å². The van der Waals surface area contributed by atoms with Crippen LogP contribution in [0.1, 0.15) is 5.56 Å². The van der Waals surface area contributed by atoms with E-state index in [1.165, 1.54) is 4.68 Å². The lowest BCUT2D eigenvalue weighted by atomic mass is 10.2. The summed E-state index contributed by atoms with van der Waals surface area (Å²) in [7, 11) is 0. The highest BCUT2D eigenvalue weighted by molar-refractivity contribution is 5.45. The van der Waals surface area contributed by atoms with Crippen molar-refractivity contribution in [3.8, 4) is 0 Å². The first kappa shape index (κ1) is 13.4. The summed E-state index contributed by atoms with van der Waals surface area (Å²) in [6, 6.07) is 1.99. The van der Waals surface area contributed by atoms with Crippen molar-refractivity contribution in [1.82, 2.24) is 9.78 Å². The van der Waals surface area contributed by atoms with Crippen LogP contribution in [0.15, 0.2) is 24.5 Å². The lowest BCUT2D eigenvalue weighted by Gasteiger charge is -2.07. The molecule has 4 nitrogen and oxygen atoms in total. The van der Waals surface area contributed by atoms with E-state index >= 15 is 0 Å². The van der Waals surface area contributed by atoms with Crippen LogP contribution in [-0.4, -0.2) is 21.5 Å². The molecule has 2 N–H and O–H groups in total. The molecule has 0 aliphatic heterocycles. The molecule has 0 amide bonds. The minimum Gasteiger partial charge on any atom is -0.394 e. The summed E-state index contributed by atoms with van der Waals surface area (Å²) in [6.45, 7) is 0.541. The first-order chi connectivity index (χ1) is 9.11. The minimum absolute atomic E-state index is 0.0354. The number of aliphatic hydroxyl groups excluding tert-OH is 1. The number of aliphatic hydroxyl groups is 1. The van der Waals surface area contributed by atoms with Crippen LogP contribution in [0.25, 0.3) is 0 Å². The van der Waals surface area contributed by atoms with Gasteiger partial charge in [0.2, 0.25) is 0 Å². The quantitative estimate of drug-likeness (QED) is 0.817. The first-order valence-electron chi connectivity index (χ1n) is 5.61. The van der Waals surface area contributed by atoms with Crippen molar-refractivity contribution in [2.75, 3.05) is 11.9 Å². The van der Waals surface area contributed by atoms with E-state index in [1.54, 1.807) is 12.4 Å². The highest BCUT2D eigenvalue weighted by atomic mass is 19.2. The predicted molar refractivity (Wildman–Crippen MR) is 63.0 cm³/mol. The van der Waals surface area contributed by atoms with Crippen molar-refractivity contribution >= 4 is 5.69 Å². The van der Waals surface area contributed by atoms with E-state index in [1.807, 2.05) is 0 Å². The highest BCUT2D eigenvalue weighted by Gasteiger charge is 2.13. The largest absolute Gasteiger partial charge is 0.394 e. The second kappa shape index (κ2) is 5.75. The summed E-state index contributed by atoms with van der Waals surface area (Å²) in [6.07, 6.45) is 3.21. The molecule has 0 saturated heterocycles. The van der Waals surface area contributed by atoms with Crippen LogP contribution in [-0.2, 0) is 13.1 Å². The zero-order chi connectivity index (χ0) is 13.8. The molecule has 19 heavy (non-hydrogen) atoms. The lowest BCUT2D eigenvalue weighted by molar-refractivity contribution is 0.269. The molecule has 0 aliphatic rings. The third-order valence-corrected chi connectivity index (χ3v) is 2.53. The third kappa shape index (κ3) is 3.05. The van der Waals surface area contributed by atoms with E-state index in [0.29, 0.717) is 6.54 Å². The Morgan fingerprint density at radius 2 is 2.00 bits per heavy atom. The molecule has 7 heteroatoms. The van der Waals surface area contributed by atoms with Crippen LogP contribution in [0.5, 0.6) is 0 Å². The number of hydrogen-bond acceptors (Lipinski definition) is 3. The monoisotopic (exact) mass is 271 g/mol. The van der Waals surface area contributed by atoms with Gasteiger partial charge in [-0.25, -0.2) is 13.2 Å². The van der Waals surface area contributed by atoms with Crippen molar-refractivity contribution in [2.45, 2.75) is 13.1 Å². The van der Waals surface area contributed by atoms with E-state index < -0.39 is 17.5 Å². The number of benzene rings is 1. The van der Waals surface area contributed by atoms with Crippen LogP contribution >= 0.6 is 0 Å². The summed E-state index contributed by atoms with van der Waals surface area (Å²) in [5.74, 6) is -3.97. The fraction of sp³-hybridized carbons (Fsp3) is 0.250. The fourth-order valence-electron chi connectivity index (χ4n) is 1.58. The van der Waals surface area contributed by atoms with Crippen molar-refractivity contribution in [3.63, 3.8) is 0 Å². The molecule has 1 aromatic heterocycles. The molecule has 0 aliphatic carbocycles. The Labute approximate surface area is 107 Å². The molecular formula is C12H12F3N3O. The molecular weight excluding hydrogens is 259 g/mol. The molecule has 0 spiro atoms. The van der Waals surface area contributed by atoms with Gasteiger partial charge in [0.25, 0.3) is 0 Å². The smallest absolute Gasteiger partial charge is 0.196 e. The number of nitrogens with one attached hydrogen (secondary N) is 1. The maximum Gasteiger partial charge on any atom is 0.196 e. The van der Waals surface area contributed by atoms with Crippen LogP contribution in [0.2, 0.25) is 0 Å². The summed E-state index contributed by atoms with van der Waals surface area (Å²) in [5, 5.41) is 15.3. The van der Waals surface area contributed by atoms with Gasteiger partial charge in [0.05, 0.1) is 25.0 Å². The maximum atomic E-state index is 13.4. The van der Waals surface area contributed by atoms with Crippen molar-refractivity contribution in [3.05, 3.63) is 47.5 Å². The van der Waals surface area contributed by atoms with E-state index in [9.17, 15) is 13.2 Å². The van der Waals surface area contributed by atoms with Gasteiger partial charge in [-0.2, -0.15) is 5.10 Å².